The third-order valence-corrected chi connectivity index (χ3v) is 4.92. The Balaban J connectivity index is 1.44. The van der Waals surface area contributed by atoms with E-state index in [0.717, 1.165) is 36.3 Å². The van der Waals surface area contributed by atoms with Crippen LogP contribution < -0.4 is 4.74 Å². The molecule has 0 N–H and O–H groups in total. The smallest absolute Gasteiger partial charge is 0.254 e. The fourth-order valence-corrected chi connectivity index (χ4v) is 3.83. The number of rotatable bonds is 3. The van der Waals surface area contributed by atoms with Crippen molar-refractivity contribution in [3.8, 4) is 5.75 Å². The number of piperidine rings is 1. The number of nitrogens with zero attached hydrogens (tertiary/aromatic N) is 2. The largest absolute Gasteiger partial charge is 0.488 e. The summed E-state index contributed by atoms with van der Waals surface area (Å²) in [4.78, 5) is 18.8. The Kier molecular flexibility index (Phi) is 3.52. The van der Waals surface area contributed by atoms with E-state index in [0.29, 0.717) is 12.0 Å². The molecule has 2 fully saturated rings. The van der Waals surface area contributed by atoms with Crippen LogP contribution in [-0.2, 0) is 0 Å². The number of ether oxygens (including phenoxy) is 1. The molecule has 1 aromatic heterocycles. The summed E-state index contributed by atoms with van der Waals surface area (Å²) in [6, 6.07) is 12.0. The summed E-state index contributed by atoms with van der Waals surface area (Å²) in [6.45, 7) is 2.81. The summed E-state index contributed by atoms with van der Waals surface area (Å²) < 4.78 is 6.06. The van der Waals surface area contributed by atoms with Crippen LogP contribution in [0.3, 0.4) is 0 Å². The first-order valence-electron chi connectivity index (χ1n) is 8.15. The minimum absolute atomic E-state index is 0.154. The SMILES string of the molecule is Cc1cccc(C(=O)N2CC3CC2C[C@@H]3Oc2cccnc2)c1. The first-order chi connectivity index (χ1) is 11.2. The van der Waals surface area contributed by atoms with Crippen molar-refractivity contribution in [2.24, 2.45) is 5.92 Å². The average molecular weight is 308 g/mol. The van der Waals surface area contributed by atoms with Crippen molar-refractivity contribution in [3.05, 3.63) is 59.9 Å². The second-order valence-corrected chi connectivity index (χ2v) is 6.56. The fraction of sp³-hybridized carbons (Fsp3) is 0.368. The Morgan fingerprint density at radius 2 is 2.17 bits per heavy atom. The molecule has 0 radical (unpaired) electrons. The van der Waals surface area contributed by atoms with E-state index in [4.69, 9.17) is 4.74 Å². The van der Waals surface area contributed by atoms with Crippen molar-refractivity contribution in [1.82, 2.24) is 9.88 Å². The van der Waals surface area contributed by atoms with Crippen LogP contribution in [0.2, 0.25) is 0 Å². The predicted octanol–water partition coefficient (Wildman–Crippen LogP) is 3.07. The van der Waals surface area contributed by atoms with Gasteiger partial charge in [0, 0.05) is 36.7 Å². The number of amides is 1. The Labute approximate surface area is 136 Å². The number of fused-ring (bicyclic) bond motifs is 2. The molecule has 1 aliphatic carbocycles. The maximum Gasteiger partial charge on any atom is 0.254 e. The van der Waals surface area contributed by atoms with Gasteiger partial charge >= 0.3 is 0 Å². The van der Waals surface area contributed by atoms with E-state index < -0.39 is 0 Å². The van der Waals surface area contributed by atoms with E-state index in [1.807, 2.05) is 48.2 Å². The standard InChI is InChI=1S/C19H20N2O2/c1-13-4-2-5-14(8-13)19(22)21-12-15-9-16(21)10-18(15)23-17-6-3-7-20-11-17/h2-8,11,15-16,18H,9-10,12H2,1H3/t15?,16?,18-/m0/s1. The highest BCUT2D eigenvalue weighted by atomic mass is 16.5. The van der Waals surface area contributed by atoms with Crippen molar-refractivity contribution < 1.29 is 9.53 Å². The van der Waals surface area contributed by atoms with Crippen molar-refractivity contribution in [2.75, 3.05) is 6.54 Å². The number of carbonyl (C=O) groups excluding carboxylic acids is 1. The molecule has 4 nitrogen and oxygen atoms in total. The maximum absolute atomic E-state index is 12.7. The van der Waals surface area contributed by atoms with E-state index in [1.54, 1.807) is 12.4 Å². The molecule has 1 saturated carbocycles. The lowest BCUT2D eigenvalue weighted by molar-refractivity contribution is 0.0571. The first kappa shape index (κ1) is 14.2. The van der Waals surface area contributed by atoms with Crippen molar-refractivity contribution in [2.45, 2.75) is 31.9 Å². The highest BCUT2D eigenvalue weighted by Crippen LogP contribution is 2.40. The topological polar surface area (TPSA) is 42.4 Å². The summed E-state index contributed by atoms with van der Waals surface area (Å²) >= 11 is 0. The van der Waals surface area contributed by atoms with Crippen LogP contribution in [0.4, 0.5) is 0 Å². The van der Waals surface area contributed by atoms with Gasteiger partial charge in [0.1, 0.15) is 11.9 Å². The first-order valence-corrected chi connectivity index (χ1v) is 8.15. The second kappa shape index (κ2) is 5.69. The Morgan fingerprint density at radius 1 is 1.26 bits per heavy atom. The van der Waals surface area contributed by atoms with Crippen LogP contribution in [0.25, 0.3) is 0 Å². The van der Waals surface area contributed by atoms with Crippen molar-refractivity contribution in [3.63, 3.8) is 0 Å². The minimum Gasteiger partial charge on any atom is -0.488 e. The zero-order valence-corrected chi connectivity index (χ0v) is 13.2. The quantitative estimate of drug-likeness (QED) is 0.875. The van der Waals surface area contributed by atoms with E-state index in [-0.39, 0.29) is 12.0 Å². The molecule has 0 spiro atoms. The molecule has 3 atom stereocenters. The molecule has 1 saturated heterocycles. The van der Waals surface area contributed by atoms with Gasteiger partial charge < -0.3 is 9.64 Å². The lowest BCUT2D eigenvalue weighted by Crippen LogP contribution is -2.43. The minimum atomic E-state index is 0.154. The van der Waals surface area contributed by atoms with Crippen molar-refractivity contribution in [1.29, 1.82) is 0 Å². The zero-order chi connectivity index (χ0) is 15.8. The molecule has 2 heterocycles. The Hall–Kier alpha value is -2.36. The van der Waals surface area contributed by atoms with Crippen LogP contribution in [0.5, 0.6) is 5.75 Å². The van der Waals surface area contributed by atoms with Gasteiger partial charge in [0.25, 0.3) is 5.91 Å². The molecule has 1 amide bonds. The van der Waals surface area contributed by atoms with E-state index in [9.17, 15) is 4.79 Å². The Morgan fingerprint density at radius 3 is 2.87 bits per heavy atom. The summed E-state index contributed by atoms with van der Waals surface area (Å²) in [5.41, 5.74) is 1.92. The molecule has 2 aromatic rings. The highest BCUT2D eigenvalue weighted by Gasteiger charge is 2.47. The summed E-state index contributed by atoms with van der Waals surface area (Å²) in [5, 5.41) is 0. The monoisotopic (exact) mass is 308 g/mol. The van der Waals surface area contributed by atoms with Gasteiger partial charge in [-0.25, -0.2) is 0 Å². The predicted molar refractivity (Wildman–Crippen MR) is 87.4 cm³/mol. The maximum atomic E-state index is 12.7. The van der Waals surface area contributed by atoms with Gasteiger partial charge in [-0.15, -0.1) is 0 Å². The van der Waals surface area contributed by atoms with Gasteiger partial charge in [0.05, 0.1) is 6.20 Å². The van der Waals surface area contributed by atoms with Gasteiger partial charge in [-0.1, -0.05) is 17.7 Å². The van der Waals surface area contributed by atoms with Crippen LogP contribution >= 0.6 is 0 Å². The molecule has 118 valence electrons. The van der Waals surface area contributed by atoms with Gasteiger partial charge in [-0.3, -0.25) is 9.78 Å². The molecule has 1 aliphatic heterocycles. The van der Waals surface area contributed by atoms with Crippen molar-refractivity contribution >= 4 is 5.91 Å². The zero-order valence-electron chi connectivity index (χ0n) is 13.2. The average Bonchev–Trinajstić information content (AvgIpc) is 3.15. The summed E-state index contributed by atoms with van der Waals surface area (Å²) in [6.07, 6.45) is 5.66. The molecular weight excluding hydrogens is 288 g/mol. The van der Waals surface area contributed by atoms with Crippen LogP contribution in [0, 0.1) is 12.8 Å². The van der Waals surface area contributed by atoms with Gasteiger partial charge in [0.2, 0.25) is 0 Å². The van der Waals surface area contributed by atoms with E-state index in [2.05, 4.69) is 4.98 Å². The lowest BCUT2D eigenvalue weighted by atomic mass is 10.0. The fourth-order valence-electron chi connectivity index (χ4n) is 3.83. The molecule has 2 unspecified atom stereocenters. The molecule has 1 aromatic carbocycles. The van der Waals surface area contributed by atoms with Crippen LogP contribution in [0.15, 0.2) is 48.8 Å². The number of carbonyl (C=O) groups is 1. The Bertz CT molecular complexity index is 716. The van der Waals surface area contributed by atoms with Gasteiger partial charge in [-0.05, 0) is 37.6 Å². The van der Waals surface area contributed by atoms with E-state index in [1.165, 1.54) is 0 Å². The lowest BCUT2D eigenvalue weighted by Gasteiger charge is -2.31. The second-order valence-electron chi connectivity index (χ2n) is 6.56. The molecule has 4 rings (SSSR count). The number of aromatic nitrogens is 1. The van der Waals surface area contributed by atoms with Crippen LogP contribution in [-0.4, -0.2) is 34.5 Å². The summed E-state index contributed by atoms with van der Waals surface area (Å²) in [5.74, 6) is 1.40. The summed E-state index contributed by atoms with van der Waals surface area (Å²) in [7, 11) is 0. The van der Waals surface area contributed by atoms with Gasteiger partial charge in [-0.2, -0.15) is 0 Å². The number of aryl methyl sites for hydroxylation is 1. The highest BCUT2D eigenvalue weighted by molar-refractivity contribution is 5.94. The third-order valence-electron chi connectivity index (χ3n) is 4.92. The molecule has 23 heavy (non-hydrogen) atoms. The molecular formula is C19H20N2O2. The molecule has 2 bridgehead atoms. The third kappa shape index (κ3) is 2.69. The van der Waals surface area contributed by atoms with Crippen LogP contribution in [0.1, 0.15) is 28.8 Å². The number of hydrogen-bond donors (Lipinski definition) is 0. The normalized spacial score (nSPS) is 25.6. The van der Waals surface area contributed by atoms with E-state index >= 15 is 0 Å². The number of benzene rings is 1. The number of hydrogen-bond acceptors (Lipinski definition) is 3. The molecule has 4 heteroatoms. The number of likely N-dealkylation sites (tertiary alicyclic amines) is 1. The van der Waals surface area contributed by atoms with Gasteiger partial charge in [0.15, 0.2) is 0 Å². The number of pyridine rings is 1. The molecule has 2 aliphatic rings.